The lowest BCUT2D eigenvalue weighted by atomic mass is 10.1. The van der Waals surface area contributed by atoms with Crippen molar-refractivity contribution in [3.63, 3.8) is 0 Å². The molecule has 18 heavy (non-hydrogen) atoms. The highest BCUT2D eigenvalue weighted by Crippen LogP contribution is 1.97. The average molecular weight is 256 g/mol. The highest BCUT2D eigenvalue weighted by atomic mass is 16.1. The van der Waals surface area contributed by atoms with Gasteiger partial charge in [0.1, 0.15) is 0 Å². The molecule has 0 saturated heterocycles. The summed E-state index contributed by atoms with van der Waals surface area (Å²) in [6.07, 6.45) is 0. The topological polar surface area (TPSA) is 65.5 Å². The quantitative estimate of drug-likeness (QED) is 0.392. The molecule has 3 N–H and O–H groups in total. The molecule has 5 nitrogen and oxygen atoms in total. The van der Waals surface area contributed by atoms with Crippen LogP contribution in [0.1, 0.15) is 41.5 Å². The van der Waals surface area contributed by atoms with E-state index in [0.717, 1.165) is 12.5 Å². The van der Waals surface area contributed by atoms with Gasteiger partial charge in [-0.05, 0) is 27.7 Å². The minimum atomic E-state index is -0.0256. The number of aliphatic imine (C=N–C) groups is 1. The van der Waals surface area contributed by atoms with Crippen molar-refractivity contribution < 1.29 is 4.79 Å². The largest absolute Gasteiger partial charge is 0.357 e. The van der Waals surface area contributed by atoms with Crippen molar-refractivity contribution in [2.24, 2.45) is 10.9 Å². The zero-order valence-electron chi connectivity index (χ0n) is 12.6. The Balaban J connectivity index is 4.13. The maximum Gasteiger partial charge on any atom is 0.222 e. The van der Waals surface area contributed by atoms with Gasteiger partial charge in [0, 0.05) is 24.5 Å². The first-order valence-corrected chi connectivity index (χ1v) is 6.60. The second kappa shape index (κ2) is 7.95. The lowest BCUT2D eigenvalue weighted by molar-refractivity contribution is -0.123. The van der Waals surface area contributed by atoms with E-state index in [9.17, 15) is 4.79 Å². The van der Waals surface area contributed by atoms with E-state index in [0.29, 0.717) is 13.1 Å². The van der Waals surface area contributed by atoms with Crippen molar-refractivity contribution in [3.8, 4) is 0 Å². The number of guanidine groups is 1. The molecule has 0 aromatic heterocycles. The number of nitrogens with one attached hydrogen (secondary N) is 3. The Morgan fingerprint density at radius 1 is 1.22 bits per heavy atom. The van der Waals surface area contributed by atoms with Crippen molar-refractivity contribution in [2.45, 2.75) is 47.1 Å². The fourth-order valence-corrected chi connectivity index (χ4v) is 1.21. The fourth-order valence-electron chi connectivity index (χ4n) is 1.21. The van der Waals surface area contributed by atoms with Gasteiger partial charge in [-0.2, -0.15) is 0 Å². The van der Waals surface area contributed by atoms with Gasteiger partial charge in [-0.15, -0.1) is 0 Å². The van der Waals surface area contributed by atoms with E-state index in [1.54, 1.807) is 0 Å². The predicted octanol–water partition coefficient (Wildman–Crippen LogP) is 1.11. The van der Waals surface area contributed by atoms with Crippen molar-refractivity contribution in [1.29, 1.82) is 0 Å². The summed E-state index contributed by atoms with van der Waals surface area (Å²) < 4.78 is 0. The molecule has 0 atom stereocenters. The number of carbonyl (C=O) groups is 1. The van der Waals surface area contributed by atoms with Gasteiger partial charge in [0.2, 0.25) is 5.91 Å². The maximum atomic E-state index is 11.4. The van der Waals surface area contributed by atoms with E-state index in [-0.39, 0.29) is 17.4 Å². The van der Waals surface area contributed by atoms with Crippen LogP contribution in [0.15, 0.2) is 4.99 Å². The van der Waals surface area contributed by atoms with Crippen LogP contribution in [0, 0.1) is 5.92 Å². The van der Waals surface area contributed by atoms with Crippen LogP contribution in [-0.4, -0.2) is 37.0 Å². The molecular formula is C13H28N4O. The molecule has 0 aliphatic carbocycles. The molecule has 0 fully saturated rings. The summed E-state index contributed by atoms with van der Waals surface area (Å²) in [5, 5.41) is 9.31. The van der Waals surface area contributed by atoms with Crippen molar-refractivity contribution in [2.75, 3.05) is 19.6 Å². The first-order valence-electron chi connectivity index (χ1n) is 6.60. The Morgan fingerprint density at radius 2 is 1.83 bits per heavy atom. The van der Waals surface area contributed by atoms with E-state index in [2.05, 4.69) is 41.7 Å². The van der Waals surface area contributed by atoms with Crippen LogP contribution in [0.25, 0.3) is 0 Å². The lowest BCUT2D eigenvalue weighted by Gasteiger charge is -2.23. The normalized spacial score (nSPS) is 12.5. The Kier molecular flexibility index (Phi) is 7.39. The van der Waals surface area contributed by atoms with Gasteiger partial charge in [-0.3, -0.25) is 9.79 Å². The average Bonchev–Trinajstić information content (AvgIpc) is 2.21. The molecule has 106 valence electrons. The van der Waals surface area contributed by atoms with Crippen molar-refractivity contribution >= 4 is 11.9 Å². The first-order chi connectivity index (χ1) is 8.26. The van der Waals surface area contributed by atoms with Crippen LogP contribution < -0.4 is 16.0 Å². The lowest BCUT2D eigenvalue weighted by Crippen LogP contribution is -2.47. The summed E-state index contributed by atoms with van der Waals surface area (Å²) in [6.45, 7) is 14.0. The molecule has 0 heterocycles. The number of rotatable bonds is 5. The van der Waals surface area contributed by atoms with Crippen molar-refractivity contribution in [1.82, 2.24) is 16.0 Å². The smallest absolute Gasteiger partial charge is 0.222 e. The van der Waals surface area contributed by atoms with E-state index < -0.39 is 0 Å². The monoisotopic (exact) mass is 256 g/mol. The second-order valence-electron chi connectivity index (χ2n) is 5.58. The summed E-state index contributed by atoms with van der Waals surface area (Å²) in [4.78, 5) is 15.8. The summed E-state index contributed by atoms with van der Waals surface area (Å²) in [7, 11) is 0. The summed E-state index contributed by atoms with van der Waals surface area (Å²) >= 11 is 0. The number of nitrogens with zero attached hydrogens (tertiary/aromatic N) is 1. The van der Waals surface area contributed by atoms with Crippen LogP contribution in [0.4, 0.5) is 0 Å². The molecule has 0 saturated carbocycles. The van der Waals surface area contributed by atoms with Gasteiger partial charge in [-0.25, -0.2) is 0 Å². The molecule has 0 spiro atoms. The highest BCUT2D eigenvalue weighted by molar-refractivity contribution is 5.80. The molecule has 0 aromatic carbocycles. The van der Waals surface area contributed by atoms with Gasteiger partial charge in [0.15, 0.2) is 5.96 Å². The Morgan fingerprint density at radius 3 is 2.28 bits per heavy atom. The first kappa shape index (κ1) is 16.7. The molecule has 0 radical (unpaired) electrons. The van der Waals surface area contributed by atoms with Gasteiger partial charge < -0.3 is 16.0 Å². The Labute approximate surface area is 111 Å². The molecule has 0 aromatic rings. The molecule has 5 heteroatoms. The van der Waals surface area contributed by atoms with E-state index >= 15 is 0 Å². The highest BCUT2D eigenvalue weighted by Gasteiger charge is 2.11. The molecule has 1 amide bonds. The molecule has 0 bridgehead atoms. The minimum Gasteiger partial charge on any atom is -0.357 e. The third-order valence-corrected chi connectivity index (χ3v) is 2.04. The number of carbonyl (C=O) groups excluding carboxylic acids is 1. The van der Waals surface area contributed by atoms with Crippen molar-refractivity contribution in [3.05, 3.63) is 0 Å². The maximum absolute atomic E-state index is 11.4. The van der Waals surface area contributed by atoms with E-state index in [1.165, 1.54) is 0 Å². The van der Waals surface area contributed by atoms with Gasteiger partial charge in [0.25, 0.3) is 0 Å². The van der Waals surface area contributed by atoms with Gasteiger partial charge >= 0.3 is 0 Å². The zero-order valence-corrected chi connectivity index (χ0v) is 12.6. The summed E-state index contributed by atoms with van der Waals surface area (Å²) in [5.74, 6) is 0.873. The molecule has 0 aliphatic heterocycles. The van der Waals surface area contributed by atoms with Gasteiger partial charge in [0.05, 0.1) is 6.54 Å². The SMILES string of the molecule is CCNC(=NCCNC(=O)C(C)C)NC(C)(C)C. The Bertz CT molecular complexity index is 279. The number of amides is 1. The molecular weight excluding hydrogens is 228 g/mol. The molecule has 0 rings (SSSR count). The van der Waals surface area contributed by atoms with Crippen LogP contribution in [0.2, 0.25) is 0 Å². The van der Waals surface area contributed by atoms with Gasteiger partial charge in [-0.1, -0.05) is 13.8 Å². The van der Waals surface area contributed by atoms with Crippen LogP contribution in [0.5, 0.6) is 0 Å². The zero-order chi connectivity index (χ0) is 14.2. The number of hydrogen-bond donors (Lipinski definition) is 3. The summed E-state index contributed by atoms with van der Waals surface area (Å²) in [5.41, 5.74) is -0.0256. The van der Waals surface area contributed by atoms with E-state index in [4.69, 9.17) is 0 Å². The number of hydrogen-bond acceptors (Lipinski definition) is 2. The predicted molar refractivity (Wildman–Crippen MR) is 76.7 cm³/mol. The third kappa shape index (κ3) is 8.84. The molecule has 0 unspecified atom stereocenters. The fraction of sp³-hybridized carbons (Fsp3) is 0.846. The van der Waals surface area contributed by atoms with E-state index in [1.807, 2.05) is 20.8 Å². The second-order valence-corrected chi connectivity index (χ2v) is 5.58. The minimum absolute atomic E-state index is 0.0231. The van der Waals surface area contributed by atoms with Crippen LogP contribution >= 0.6 is 0 Å². The van der Waals surface area contributed by atoms with Crippen LogP contribution in [-0.2, 0) is 4.79 Å². The van der Waals surface area contributed by atoms with Crippen LogP contribution in [0.3, 0.4) is 0 Å². The third-order valence-electron chi connectivity index (χ3n) is 2.04. The summed E-state index contributed by atoms with van der Waals surface area (Å²) in [6, 6.07) is 0. The Hall–Kier alpha value is -1.26. The standard InChI is InChI=1S/C13H28N4O/c1-7-14-12(17-13(4,5)6)16-9-8-15-11(18)10(2)3/h10H,7-9H2,1-6H3,(H,15,18)(H2,14,16,17). The molecule has 0 aliphatic rings.